The Balaban J connectivity index is 1.89. The van der Waals surface area contributed by atoms with Crippen LogP contribution in [0.1, 0.15) is 85.8 Å². The van der Waals surface area contributed by atoms with Crippen molar-refractivity contribution in [3.63, 3.8) is 0 Å². The molecule has 1 N–H and O–H groups in total. The summed E-state index contributed by atoms with van der Waals surface area (Å²) >= 11 is 0. The molecule has 0 aliphatic heterocycles. The first-order chi connectivity index (χ1) is 17.7. The van der Waals surface area contributed by atoms with Gasteiger partial charge in [0.05, 0.1) is 16.1 Å². The average Bonchev–Trinajstić information content (AvgIpc) is 2.90. The van der Waals surface area contributed by atoms with Crippen LogP contribution in [0.15, 0.2) is 77.7 Å². The third kappa shape index (κ3) is 7.68. The number of para-hydroxylation sites is 1. The second-order valence-corrected chi connectivity index (χ2v) is 11.7. The number of anilines is 1. The first-order valence-electron chi connectivity index (χ1n) is 13.3. The molecule has 0 atom stereocenters. The lowest BCUT2D eigenvalue weighted by molar-refractivity contribution is 0.0697. The minimum absolute atomic E-state index is 0.257. The van der Waals surface area contributed by atoms with Gasteiger partial charge >= 0.3 is 5.97 Å². The number of aryl methyl sites for hydroxylation is 2. The SMILES string of the molecule is CCCCCCCN(c1ccccc1CCc1ccc(C(=O)O)cc1)S(=O)(=O)c1ccc(C(C)C)cc1. The lowest BCUT2D eigenvalue weighted by atomic mass is 10.0. The van der Waals surface area contributed by atoms with Gasteiger partial charge < -0.3 is 5.11 Å². The van der Waals surface area contributed by atoms with Crippen molar-refractivity contribution in [1.29, 1.82) is 0 Å². The van der Waals surface area contributed by atoms with E-state index in [0.29, 0.717) is 35.9 Å². The van der Waals surface area contributed by atoms with Gasteiger partial charge in [-0.3, -0.25) is 4.31 Å². The number of aromatic carboxylic acids is 1. The topological polar surface area (TPSA) is 74.7 Å². The van der Waals surface area contributed by atoms with Crippen molar-refractivity contribution in [2.24, 2.45) is 0 Å². The number of rotatable bonds is 14. The zero-order valence-electron chi connectivity index (χ0n) is 22.2. The van der Waals surface area contributed by atoms with Crippen LogP contribution in [0.4, 0.5) is 5.69 Å². The molecule has 0 saturated carbocycles. The molecule has 3 aromatic rings. The quantitative estimate of drug-likeness (QED) is 0.223. The van der Waals surface area contributed by atoms with Crippen LogP contribution >= 0.6 is 0 Å². The third-order valence-corrected chi connectivity index (χ3v) is 8.57. The second kappa shape index (κ2) is 13.4. The number of sulfonamides is 1. The van der Waals surface area contributed by atoms with E-state index in [9.17, 15) is 13.2 Å². The fourth-order valence-corrected chi connectivity index (χ4v) is 5.98. The molecule has 0 unspecified atom stereocenters. The summed E-state index contributed by atoms with van der Waals surface area (Å²) < 4.78 is 29.5. The maximum absolute atomic E-state index is 13.9. The Labute approximate surface area is 222 Å². The van der Waals surface area contributed by atoms with Crippen LogP contribution in [0.2, 0.25) is 0 Å². The number of carboxylic acid groups (broad SMARTS) is 1. The normalized spacial score (nSPS) is 11.6. The van der Waals surface area contributed by atoms with Crippen molar-refractivity contribution >= 4 is 21.7 Å². The van der Waals surface area contributed by atoms with Crippen LogP contribution in [-0.4, -0.2) is 26.0 Å². The van der Waals surface area contributed by atoms with E-state index >= 15 is 0 Å². The van der Waals surface area contributed by atoms with Crippen molar-refractivity contribution in [3.8, 4) is 0 Å². The van der Waals surface area contributed by atoms with E-state index in [1.54, 1.807) is 28.6 Å². The fourth-order valence-electron chi connectivity index (χ4n) is 4.44. The number of hydrogen-bond donors (Lipinski definition) is 1. The highest BCUT2D eigenvalue weighted by molar-refractivity contribution is 7.92. The summed E-state index contributed by atoms with van der Waals surface area (Å²) in [5.41, 5.74) is 4.05. The van der Waals surface area contributed by atoms with Gasteiger partial charge in [0.2, 0.25) is 0 Å². The van der Waals surface area contributed by atoms with Gasteiger partial charge in [-0.05, 0) is 72.2 Å². The molecule has 5 nitrogen and oxygen atoms in total. The summed E-state index contributed by atoms with van der Waals surface area (Å²) in [6.07, 6.45) is 6.52. The standard InChI is InChI=1S/C31H39NO4S/c1-4-5-6-7-10-23-32(37(35,36)29-21-19-26(20-22-29)24(2)3)30-12-9-8-11-27(30)16-13-25-14-17-28(18-15-25)31(33)34/h8-9,11-12,14-15,17-22,24H,4-7,10,13,16,23H2,1-3H3,(H,33,34). The van der Waals surface area contributed by atoms with E-state index in [0.717, 1.165) is 48.8 Å². The summed E-state index contributed by atoms with van der Waals surface area (Å²) in [4.78, 5) is 11.5. The zero-order chi connectivity index (χ0) is 26.8. The van der Waals surface area contributed by atoms with Crippen molar-refractivity contribution in [3.05, 3.63) is 95.1 Å². The van der Waals surface area contributed by atoms with Gasteiger partial charge in [0.25, 0.3) is 10.0 Å². The van der Waals surface area contributed by atoms with Gasteiger partial charge in [0.1, 0.15) is 0 Å². The van der Waals surface area contributed by atoms with E-state index < -0.39 is 16.0 Å². The zero-order valence-corrected chi connectivity index (χ0v) is 23.0. The maximum atomic E-state index is 13.9. The molecule has 3 aromatic carbocycles. The molecule has 3 rings (SSSR count). The Bertz CT molecular complexity index is 1250. The average molecular weight is 522 g/mol. The molecule has 37 heavy (non-hydrogen) atoms. The molecule has 0 aliphatic rings. The highest BCUT2D eigenvalue weighted by Crippen LogP contribution is 2.30. The molecule has 0 bridgehead atoms. The molecule has 0 amide bonds. The summed E-state index contributed by atoms with van der Waals surface area (Å²) in [6.45, 7) is 6.79. The summed E-state index contributed by atoms with van der Waals surface area (Å²) in [5, 5.41) is 9.15. The van der Waals surface area contributed by atoms with Crippen LogP contribution < -0.4 is 4.31 Å². The Morgan fingerprint density at radius 2 is 1.49 bits per heavy atom. The number of hydrogen-bond acceptors (Lipinski definition) is 3. The lowest BCUT2D eigenvalue weighted by Gasteiger charge is -2.27. The van der Waals surface area contributed by atoms with Gasteiger partial charge in [-0.2, -0.15) is 0 Å². The van der Waals surface area contributed by atoms with Crippen LogP contribution in [-0.2, 0) is 22.9 Å². The largest absolute Gasteiger partial charge is 0.478 e. The Hall–Kier alpha value is -3.12. The van der Waals surface area contributed by atoms with Gasteiger partial charge in [0.15, 0.2) is 0 Å². The molecule has 198 valence electrons. The highest BCUT2D eigenvalue weighted by atomic mass is 32.2. The maximum Gasteiger partial charge on any atom is 0.335 e. The summed E-state index contributed by atoms with van der Waals surface area (Å²) in [5.74, 6) is -0.616. The molecule has 0 heterocycles. The molecule has 6 heteroatoms. The number of carboxylic acids is 1. The van der Waals surface area contributed by atoms with Gasteiger partial charge in [-0.15, -0.1) is 0 Å². The van der Waals surface area contributed by atoms with E-state index in [4.69, 9.17) is 5.11 Å². The molecular formula is C31H39NO4S. The minimum atomic E-state index is -3.74. The minimum Gasteiger partial charge on any atom is -0.478 e. The van der Waals surface area contributed by atoms with Crippen molar-refractivity contribution < 1.29 is 18.3 Å². The second-order valence-electron chi connectivity index (χ2n) is 9.85. The third-order valence-electron chi connectivity index (χ3n) is 6.74. The van der Waals surface area contributed by atoms with E-state index in [2.05, 4.69) is 20.8 Å². The first-order valence-corrected chi connectivity index (χ1v) is 14.7. The monoisotopic (exact) mass is 521 g/mol. The van der Waals surface area contributed by atoms with Crippen molar-refractivity contribution in [1.82, 2.24) is 0 Å². The number of benzene rings is 3. The Morgan fingerprint density at radius 3 is 2.11 bits per heavy atom. The lowest BCUT2D eigenvalue weighted by Crippen LogP contribution is -2.33. The molecule has 0 aliphatic carbocycles. The van der Waals surface area contributed by atoms with Crippen molar-refractivity contribution in [2.45, 2.75) is 76.5 Å². The molecule has 0 radical (unpaired) electrons. The highest BCUT2D eigenvalue weighted by Gasteiger charge is 2.26. The van der Waals surface area contributed by atoms with Gasteiger partial charge in [-0.1, -0.05) is 88.9 Å². The molecule has 0 spiro atoms. The number of carbonyl (C=O) groups is 1. The molecule has 0 saturated heterocycles. The van der Waals surface area contributed by atoms with Crippen LogP contribution in [0, 0.1) is 0 Å². The Morgan fingerprint density at radius 1 is 0.838 bits per heavy atom. The summed E-state index contributed by atoms with van der Waals surface area (Å²) in [7, 11) is -3.74. The van der Waals surface area contributed by atoms with Crippen LogP contribution in [0.3, 0.4) is 0 Å². The fraction of sp³-hybridized carbons (Fsp3) is 0.387. The van der Waals surface area contributed by atoms with Crippen molar-refractivity contribution in [2.75, 3.05) is 10.8 Å². The predicted octanol–water partition coefficient (Wildman–Crippen LogP) is 7.46. The van der Waals surface area contributed by atoms with E-state index in [1.807, 2.05) is 48.5 Å². The first kappa shape index (κ1) is 28.5. The molecular weight excluding hydrogens is 482 g/mol. The molecule has 0 aromatic heterocycles. The van der Waals surface area contributed by atoms with Crippen LogP contribution in [0.5, 0.6) is 0 Å². The predicted molar refractivity (Wildman–Crippen MR) is 151 cm³/mol. The van der Waals surface area contributed by atoms with Gasteiger partial charge in [-0.25, -0.2) is 13.2 Å². The summed E-state index contributed by atoms with van der Waals surface area (Å²) in [6, 6.07) is 21.8. The smallest absolute Gasteiger partial charge is 0.335 e. The van der Waals surface area contributed by atoms with E-state index in [-0.39, 0.29) is 5.56 Å². The number of nitrogens with zero attached hydrogens (tertiary/aromatic N) is 1. The van der Waals surface area contributed by atoms with E-state index in [1.165, 1.54) is 0 Å². The Kier molecular flexibility index (Phi) is 10.3. The molecule has 0 fully saturated rings. The van der Waals surface area contributed by atoms with Crippen LogP contribution in [0.25, 0.3) is 0 Å². The van der Waals surface area contributed by atoms with Gasteiger partial charge in [0, 0.05) is 6.54 Å². The number of unbranched alkanes of at least 4 members (excludes halogenated alkanes) is 4.